The van der Waals surface area contributed by atoms with Gasteiger partial charge in [0.15, 0.2) is 0 Å². The molecule has 0 saturated heterocycles. The lowest BCUT2D eigenvalue weighted by molar-refractivity contribution is -0.137. The van der Waals surface area contributed by atoms with E-state index in [0.29, 0.717) is 5.56 Å². The molecular formula is C24H17F5N2O2. The zero-order valence-corrected chi connectivity index (χ0v) is 17.0. The van der Waals surface area contributed by atoms with Crippen LogP contribution in [0.15, 0.2) is 76.9 Å². The minimum absolute atomic E-state index is 0.0689. The van der Waals surface area contributed by atoms with E-state index in [-0.39, 0.29) is 24.7 Å². The van der Waals surface area contributed by atoms with E-state index in [1.807, 2.05) is 0 Å². The molecule has 1 unspecified atom stereocenters. The highest BCUT2D eigenvalue weighted by molar-refractivity contribution is 5.95. The molecule has 1 aliphatic heterocycles. The molecule has 170 valence electrons. The number of nitrogens with zero attached hydrogens (tertiary/aromatic N) is 2. The van der Waals surface area contributed by atoms with Gasteiger partial charge in [-0.1, -0.05) is 47.6 Å². The molecule has 9 heteroatoms. The lowest BCUT2D eigenvalue weighted by Gasteiger charge is -2.07. The van der Waals surface area contributed by atoms with Gasteiger partial charge in [-0.25, -0.2) is 13.8 Å². The lowest BCUT2D eigenvalue weighted by atomic mass is 10.1. The molecule has 1 heterocycles. The standard InChI is InChI=1S/C24H17F5N2O2/c25-19-2-1-3-20(26)22(19)23-31-21(14-32-23)17-8-4-16(5-9-17)13-33-30-12-15-6-10-18(11-7-15)24(27,28)29/h1-12,21H,13-14H2/b30-12+. The zero-order chi connectivity index (χ0) is 23.4. The van der Waals surface area contributed by atoms with Gasteiger partial charge in [0.05, 0.1) is 11.8 Å². The van der Waals surface area contributed by atoms with Gasteiger partial charge in [-0.05, 0) is 41.0 Å². The van der Waals surface area contributed by atoms with Gasteiger partial charge in [-0.3, -0.25) is 0 Å². The molecule has 0 amide bonds. The van der Waals surface area contributed by atoms with E-state index < -0.39 is 29.4 Å². The van der Waals surface area contributed by atoms with Gasteiger partial charge in [-0.15, -0.1) is 0 Å². The molecule has 0 bridgehead atoms. The van der Waals surface area contributed by atoms with E-state index in [9.17, 15) is 22.0 Å². The molecule has 4 rings (SSSR count). The van der Waals surface area contributed by atoms with Crippen molar-refractivity contribution in [1.29, 1.82) is 0 Å². The Morgan fingerprint density at radius 2 is 1.64 bits per heavy atom. The Bertz CT molecular complexity index is 1150. The van der Waals surface area contributed by atoms with Crippen molar-refractivity contribution in [3.05, 3.63) is 106 Å². The lowest BCUT2D eigenvalue weighted by Crippen LogP contribution is -2.07. The minimum Gasteiger partial charge on any atom is -0.475 e. The molecule has 33 heavy (non-hydrogen) atoms. The van der Waals surface area contributed by atoms with E-state index in [2.05, 4.69) is 10.1 Å². The topological polar surface area (TPSA) is 43.2 Å². The summed E-state index contributed by atoms with van der Waals surface area (Å²) in [5, 5.41) is 3.77. The Balaban J connectivity index is 1.33. The third-order valence-electron chi connectivity index (χ3n) is 4.94. The van der Waals surface area contributed by atoms with Gasteiger partial charge in [-0.2, -0.15) is 13.2 Å². The summed E-state index contributed by atoms with van der Waals surface area (Å²) in [4.78, 5) is 9.50. The van der Waals surface area contributed by atoms with E-state index >= 15 is 0 Å². The van der Waals surface area contributed by atoms with Gasteiger partial charge in [0.1, 0.15) is 36.5 Å². The van der Waals surface area contributed by atoms with Crippen LogP contribution in [0.4, 0.5) is 22.0 Å². The van der Waals surface area contributed by atoms with Gasteiger partial charge in [0.2, 0.25) is 5.90 Å². The molecule has 0 saturated carbocycles. The average molecular weight is 460 g/mol. The molecule has 0 radical (unpaired) electrons. The molecule has 3 aromatic rings. The fourth-order valence-corrected chi connectivity index (χ4v) is 3.19. The maximum Gasteiger partial charge on any atom is 0.416 e. The Morgan fingerprint density at radius 1 is 0.970 bits per heavy atom. The van der Waals surface area contributed by atoms with Crippen molar-refractivity contribution in [2.75, 3.05) is 6.61 Å². The Kier molecular flexibility index (Phi) is 6.39. The summed E-state index contributed by atoms with van der Waals surface area (Å²) in [7, 11) is 0. The Labute approximate surface area is 186 Å². The first kappa shape index (κ1) is 22.4. The van der Waals surface area contributed by atoms with Crippen molar-refractivity contribution in [2.24, 2.45) is 10.1 Å². The van der Waals surface area contributed by atoms with Crippen LogP contribution in [0.3, 0.4) is 0 Å². The van der Waals surface area contributed by atoms with Gasteiger partial charge in [0.25, 0.3) is 0 Å². The van der Waals surface area contributed by atoms with Crippen molar-refractivity contribution in [3.63, 3.8) is 0 Å². The minimum atomic E-state index is -4.39. The molecule has 0 N–H and O–H groups in total. The van der Waals surface area contributed by atoms with Crippen molar-refractivity contribution in [1.82, 2.24) is 0 Å². The summed E-state index contributed by atoms with van der Waals surface area (Å²) >= 11 is 0. The smallest absolute Gasteiger partial charge is 0.416 e. The summed E-state index contributed by atoms with van der Waals surface area (Å²) < 4.78 is 71.0. The van der Waals surface area contributed by atoms with Crippen molar-refractivity contribution < 1.29 is 31.5 Å². The molecule has 4 nitrogen and oxygen atoms in total. The normalized spacial score (nSPS) is 16.0. The first-order valence-corrected chi connectivity index (χ1v) is 9.87. The highest BCUT2D eigenvalue weighted by Gasteiger charge is 2.30. The second-order valence-electron chi connectivity index (χ2n) is 7.23. The number of alkyl halides is 3. The monoisotopic (exact) mass is 460 g/mol. The fourth-order valence-electron chi connectivity index (χ4n) is 3.19. The number of oxime groups is 1. The zero-order valence-electron chi connectivity index (χ0n) is 17.0. The summed E-state index contributed by atoms with van der Waals surface area (Å²) in [5.41, 5.74) is 1.06. The predicted octanol–water partition coefficient (Wildman–Crippen LogP) is 6.05. The molecule has 3 aromatic carbocycles. The molecule has 0 fully saturated rings. The van der Waals surface area contributed by atoms with Crippen LogP contribution in [0.5, 0.6) is 0 Å². The number of ether oxygens (including phenoxy) is 1. The summed E-state index contributed by atoms with van der Waals surface area (Å²) in [6.07, 6.45) is -3.06. The number of benzene rings is 3. The van der Waals surface area contributed by atoms with Crippen LogP contribution in [-0.4, -0.2) is 18.7 Å². The van der Waals surface area contributed by atoms with E-state index in [4.69, 9.17) is 9.57 Å². The van der Waals surface area contributed by atoms with Crippen LogP contribution >= 0.6 is 0 Å². The second kappa shape index (κ2) is 9.40. The molecule has 0 aliphatic carbocycles. The maximum atomic E-state index is 13.9. The van der Waals surface area contributed by atoms with Gasteiger partial charge in [0, 0.05) is 0 Å². The highest BCUT2D eigenvalue weighted by Crippen LogP contribution is 2.29. The number of hydrogen-bond donors (Lipinski definition) is 0. The van der Waals surface area contributed by atoms with Gasteiger partial charge >= 0.3 is 6.18 Å². The Morgan fingerprint density at radius 3 is 2.27 bits per heavy atom. The van der Waals surface area contributed by atoms with E-state index in [0.717, 1.165) is 35.4 Å². The van der Waals surface area contributed by atoms with Crippen LogP contribution in [0.25, 0.3) is 0 Å². The number of hydrogen-bond acceptors (Lipinski definition) is 4. The summed E-state index contributed by atoms with van der Waals surface area (Å²) in [6.45, 7) is 0.309. The van der Waals surface area contributed by atoms with E-state index in [1.54, 1.807) is 24.3 Å². The molecule has 0 aromatic heterocycles. The van der Waals surface area contributed by atoms with Crippen molar-refractivity contribution in [2.45, 2.75) is 18.8 Å². The van der Waals surface area contributed by atoms with Gasteiger partial charge < -0.3 is 9.57 Å². The number of rotatable bonds is 6. The molecule has 1 aliphatic rings. The largest absolute Gasteiger partial charge is 0.475 e. The van der Waals surface area contributed by atoms with Crippen LogP contribution in [0.1, 0.15) is 33.9 Å². The van der Waals surface area contributed by atoms with Crippen molar-refractivity contribution in [3.8, 4) is 0 Å². The first-order valence-electron chi connectivity index (χ1n) is 9.87. The third-order valence-corrected chi connectivity index (χ3v) is 4.94. The fraction of sp³-hybridized carbons (Fsp3) is 0.167. The highest BCUT2D eigenvalue weighted by atomic mass is 19.4. The average Bonchev–Trinajstić information content (AvgIpc) is 3.26. The molecule has 1 atom stereocenters. The third kappa shape index (κ3) is 5.36. The predicted molar refractivity (Wildman–Crippen MR) is 112 cm³/mol. The van der Waals surface area contributed by atoms with Crippen LogP contribution in [0, 0.1) is 11.6 Å². The number of aliphatic imine (C=N–C) groups is 1. The number of halogens is 5. The maximum absolute atomic E-state index is 13.9. The second-order valence-corrected chi connectivity index (χ2v) is 7.23. The van der Waals surface area contributed by atoms with Crippen LogP contribution in [0.2, 0.25) is 0 Å². The van der Waals surface area contributed by atoms with Crippen LogP contribution < -0.4 is 0 Å². The molecular weight excluding hydrogens is 443 g/mol. The summed E-state index contributed by atoms with van der Waals surface area (Å²) in [5.74, 6) is -1.54. The Hall–Kier alpha value is -3.75. The first-order chi connectivity index (χ1) is 15.8. The van der Waals surface area contributed by atoms with Crippen molar-refractivity contribution >= 4 is 12.1 Å². The van der Waals surface area contributed by atoms with Crippen LogP contribution in [-0.2, 0) is 22.4 Å². The quantitative estimate of drug-likeness (QED) is 0.255. The molecule has 0 spiro atoms. The SMILES string of the molecule is Fc1cccc(F)c1C1=NC(c2ccc(CO/N=C/c3ccc(C(F)(F)F)cc3)cc2)CO1. The summed E-state index contributed by atoms with van der Waals surface area (Å²) in [6, 6.07) is 14.9. The van der Waals surface area contributed by atoms with E-state index in [1.165, 1.54) is 24.4 Å².